The Balaban J connectivity index is 1.36. The number of nitrogens with one attached hydrogen (secondary N) is 2. The minimum atomic E-state index is -0.566. The minimum absolute atomic E-state index is 0.0844. The quantitative estimate of drug-likeness (QED) is 0.201. The smallest absolute Gasteiger partial charge is 0.410 e. The van der Waals surface area contributed by atoms with Crippen LogP contribution in [0.3, 0.4) is 0 Å². The van der Waals surface area contributed by atoms with Crippen molar-refractivity contribution in [1.29, 1.82) is 0 Å². The van der Waals surface area contributed by atoms with E-state index in [0.717, 1.165) is 27.3 Å². The lowest BCUT2D eigenvalue weighted by Crippen LogP contribution is -2.50. The number of piperidine rings is 1. The molecule has 0 radical (unpaired) electrons. The molecule has 0 atom stereocenters. The number of hydrogen-bond donors (Lipinski definition) is 3. The van der Waals surface area contributed by atoms with E-state index in [0.29, 0.717) is 49.1 Å². The van der Waals surface area contributed by atoms with Gasteiger partial charge in [-0.15, -0.1) is 0 Å². The van der Waals surface area contributed by atoms with E-state index in [1.807, 2.05) is 58.9 Å². The molecular formula is C31H38ClN5O4S. The van der Waals surface area contributed by atoms with Crippen molar-refractivity contribution in [3.8, 4) is 11.3 Å². The molecule has 11 heteroatoms. The molecule has 224 valence electrons. The number of amides is 2. The topological polar surface area (TPSA) is 117 Å². The van der Waals surface area contributed by atoms with Crippen LogP contribution in [0.25, 0.3) is 11.3 Å². The molecular weight excluding hydrogens is 574 g/mol. The van der Waals surface area contributed by atoms with Crippen LogP contribution >= 0.6 is 23.5 Å². The number of hydrogen-bond acceptors (Lipinski definition) is 8. The molecule has 2 heterocycles. The molecule has 42 heavy (non-hydrogen) atoms. The van der Waals surface area contributed by atoms with Gasteiger partial charge in [-0.05, 0) is 88.7 Å². The van der Waals surface area contributed by atoms with Gasteiger partial charge in [-0.2, -0.15) is 0 Å². The van der Waals surface area contributed by atoms with Gasteiger partial charge in [0.05, 0.1) is 12.3 Å². The lowest BCUT2D eigenvalue weighted by atomic mass is 9.79. The first-order valence-electron chi connectivity index (χ1n) is 13.9. The van der Waals surface area contributed by atoms with Gasteiger partial charge in [0.2, 0.25) is 5.95 Å². The van der Waals surface area contributed by atoms with Gasteiger partial charge in [0, 0.05) is 47.1 Å². The van der Waals surface area contributed by atoms with Crippen molar-refractivity contribution in [3.05, 3.63) is 70.4 Å². The predicted molar refractivity (Wildman–Crippen MR) is 167 cm³/mol. The second-order valence-electron chi connectivity index (χ2n) is 11.7. The maximum atomic E-state index is 13.1. The van der Waals surface area contributed by atoms with Gasteiger partial charge in [-0.3, -0.25) is 9.52 Å². The minimum Gasteiger partial charge on any atom is -0.444 e. The zero-order chi connectivity index (χ0) is 30.5. The molecule has 0 saturated carbocycles. The third-order valence-corrected chi connectivity index (χ3v) is 8.19. The predicted octanol–water partition coefficient (Wildman–Crippen LogP) is 6.27. The average molecular weight is 612 g/mol. The monoisotopic (exact) mass is 611 g/mol. The van der Waals surface area contributed by atoms with Crippen LogP contribution in [0.5, 0.6) is 0 Å². The highest BCUT2D eigenvalue weighted by molar-refractivity contribution is 8.00. The first-order valence-corrected chi connectivity index (χ1v) is 15.1. The fourth-order valence-corrected chi connectivity index (χ4v) is 5.68. The van der Waals surface area contributed by atoms with Crippen LogP contribution in [0.15, 0.2) is 53.4 Å². The summed E-state index contributed by atoms with van der Waals surface area (Å²) in [6.45, 7) is 10.7. The van der Waals surface area contributed by atoms with Gasteiger partial charge >= 0.3 is 6.09 Å². The van der Waals surface area contributed by atoms with Crippen molar-refractivity contribution < 1.29 is 19.4 Å². The summed E-state index contributed by atoms with van der Waals surface area (Å²) in [5, 5.41) is 13.5. The second-order valence-corrected chi connectivity index (χ2v) is 13.0. The van der Waals surface area contributed by atoms with Crippen LogP contribution in [0.4, 0.5) is 10.7 Å². The maximum absolute atomic E-state index is 13.1. The molecule has 2 aromatic carbocycles. The van der Waals surface area contributed by atoms with E-state index in [9.17, 15) is 14.7 Å². The highest BCUT2D eigenvalue weighted by atomic mass is 35.5. The number of rotatable bonds is 8. The van der Waals surface area contributed by atoms with E-state index >= 15 is 0 Å². The zero-order valence-electron chi connectivity index (χ0n) is 24.7. The maximum Gasteiger partial charge on any atom is 0.410 e. The lowest BCUT2D eigenvalue weighted by Gasteiger charge is -2.41. The third-order valence-electron chi connectivity index (χ3n) is 7.22. The van der Waals surface area contributed by atoms with Crippen LogP contribution in [-0.4, -0.2) is 63.8 Å². The SMILES string of the molecule is Cc1cccc(C)c1-c1cc(Cl)nc(NSc2cccc(C(=O)NCC3(CO)CCN(C(=O)OC(C)(C)C)CC3)c2)n1. The van der Waals surface area contributed by atoms with Gasteiger partial charge in [0.15, 0.2) is 0 Å². The number of ether oxygens (including phenoxy) is 1. The highest BCUT2D eigenvalue weighted by Gasteiger charge is 2.37. The van der Waals surface area contributed by atoms with Gasteiger partial charge in [0.25, 0.3) is 5.91 Å². The summed E-state index contributed by atoms with van der Waals surface area (Å²) < 4.78 is 8.61. The zero-order valence-corrected chi connectivity index (χ0v) is 26.2. The normalized spacial score (nSPS) is 14.8. The van der Waals surface area contributed by atoms with Crippen LogP contribution < -0.4 is 10.0 Å². The fourth-order valence-electron chi connectivity index (χ4n) is 4.87. The number of aromatic nitrogens is 2. The third kappa shape index (κ3) is 8.14. The summed E-state index contributed by atoms with van der Waals surface area (Å²) in [6, 6.07) is 15.0. The number of carbonyl (C=O) groups excluding carboxylic acids is 2. The molecule has 0 aliphatic carbocycles. The van der Waals surface area contributed by atoms with Crippen molar-refractivity contribution in [2.24, 2.45) is 5.41 Å². The molecule has 0 spiro atoms. The molecule has 2 amide bonds. The molecule has 1 aromatic heterocycles. The first kappa shape index (κ1) is 31.6. The Morgan fingerprint density at radius 2 is 1.74 bits per heavy atom. The molecule has 4 rings (SSSR count). The Morgan fingerprint density at radius 3 is 2.38 bits per heavy atom. The van der Waals surface area contributed by atoms with Crippen molar-refractivity contribution in [2.75, 3.05) is 31.0 Å². The number of nitrogens with zero attached hydrogens (tertiary/aromatic N) is 3. The van der Waals surface area contributed by atoms with Crippen LogP contribution in [0, 0.1) is 19.3 Å². The average Bonchev–Trinajstić information content (AvgIpc) is 2.94. The van der Waals surface area contributed by atoms with Gasteiger partial charge in [-0.1, -0.05) is 35.9 Å². The van der Waals surface area contributed by atoms with E-state index in [1.54, 1.807) is 29.2 Å². The van der Waals surface area contributed by atoms with Crippen LogP contribution in [-0.2, 0) is 4.74 Å². The number of aliphatic hydroxyl groups excluding tert-OH is 1. The van der Waals surface area contributed by atoms with Crippen molar-refractivity contribution in [1.82, 2.24) is 20.2 Å². The number of carbonyl (C=O) groups is 2. The van der Waals surface area contributed by atoms with E-state index in [1.165, 1.54) is 11.9 Å². The van der Waals surface area contributed by atoms with Gasteiger partial charge in [0.1, 0.15) is 10.8 Å². The van der Waals surface area contributed by atoms with Crippen molar-refractivity contribution >= 4 is 41.5 Å². The van der Waals surface area contributed by atoms with E-state index < -0.39 is 11.0 Å². The van der Waals surface area contributed by atoms with Gasteiger partial charge in [-0.25, -0.2) is 14.8 Å². The van der Waals surface area contributed by atoms with Crippen molar-refractivity contribution in [2.45, 2.75) is 58.0 Å². The summed E-state index contributed by atoms with van der Waals surface area (Å²) in [4.78, 5) is 36.9. The molecule has 0 bridgehead atoms. The summed E-state index contributed by atoms with van der Waals surface area (Å²) in [6.07, 6.45) is 0.768. The molecule has 1 saturated heterocycles. The Labute approximate surface area is 256 Å². The molecule has 3 aromatic rings. The van der Waals surface area contributed by atoms with E-state index in [-0.39, 0.29) is 18.6 Å². The molecule has 1 fully saturated rings. The largest absolute Gasteiger partial charge is 0.444 e. The number of aliphatic hydroxyl groups is 1. The number of likely N-dealkylation sites (tertiary alicyclic amines) is 1. The van der Waals surface area contributed by atoms with Crippen LogP contribution in [0.2, 0.25) is 5.15 Å². The summed E-state index contributed by atoms with van der Waals surface area (Å²) >= 11 is 7.61. The lowest BCUT2D eigenvalue weighted by molar-refractivity contribution is -0.0000376. The highest BCUT2D eigenvalue weighted by Crippen LogP contribution is 2.32. The van der Waals surface area contributed by atoms with E-state index in [2.05, 4.69) is 20.0 Å². The standard InChI is InChI=1S/C31H38ClN5O4S/c1-20-8-6-9-21(2)26(20)24-17-25(32)35-28(34-24)36-42-23-11-7-10-22(16-23)27(39)33-18-31(19-38)12-14-37(15-13-31)29(40)41-30(3,4)5/h6-11,16-17,38H,12-15,18-19H2,1-5H3,(H,33,39)(H,34,35,36). The number of benzene rings is 2. The molecule has 9 nitrogen and oxygen atoms in total. The Bertz CT molecular complexity index is 1420. The fraction of sp³-hybridized carbons (Fsp3) is 0.419. The number of anilines is 1. The summed E-state index contributed by atoms with van der Waals surface area (Å²) in [7, 11) is 0. The number of aryl methyl sites for hydroxylation is 2. The molecule has 3 N–H and O–H groups in total. The second kappa shape index (κ2) is 13.3. The van der Waals surface area contributed by atoms with Crippen LogP contribution in [0.1, 0.15) is 55.1 Å². The number of halogens is 1. The Kier molecular flexibility index (Phi) is 10.0. The molecule has 1 aliphatic rings. The molecule has 1 aliphatic heterocycles. The first-order chi connectivity index (χ1) is 19.9. The summed E-state index contributed by atoms with van der Waals surface area (Å²) in [5.41, 5.74) is 3.37. The van der Waals surface area contributed by atoms with E-state index in [4.69, 9.17) is 16.3 Å². The molecule has 0 unspecified atom stereocenters. The Morgan fingerprint density at radius 1 is 1.07 bits per heavy atom. The Hall–Kier alpha value is -3.34. The van der Waals surface area contributed by atoms with Gasteiger partial charge < -0.3 is 20.1 Å². The van der Waals surface area contributed by atoms with Crippen molar-refractivity contribution in [3.63, 3.8) is 0 Å². The summed E-state index contributed by atoms with van der Waals surface area (Å²) in [5.74, 6) is 0.124.